The van der Waals surface area contributed by atoms with Gasteiger partial charge in [-0.3, -0.25) is 9.11 Å². The van der Waals surface area contributed by atoms with Gasteiger partial charge in [-0.15, -0.1) is 0 Å². The van der Waals surface area contributed by atoms with E-state index in [1.165, 1.54) is 82.1 Å². The molecule has 118 valence electrons. The molecular formula is C14H31LiO4S. The van der Waals surface area contributed by atoms with E-state index in [4.69, 9.17) is 17.5 Å². The Hall–Kier alpha value is 0.467. The summed E-state index contributed by atoms with van der Waals surface area (Å²) in [7, 11) is -4.67. The van der Waals surface area contributed by atoms with Gasteiger partial charge in [-0.05, 0) is 0 Å². The average Bonchev–Trinajstić information content (AvgIpc) is 2.34. The van der Waals surface area contributed by atoms with Crippen LogP contribution in [0.1, 0.15) is 84.0 Å². The maximum absolute atomic E-state index is 8.74. The zero-order chi connectivity index (χ0) is 15.7. The summed E-state index contributed by atoms with van der Waals surface area (Å²) < 4.78 is 31.6. The molecule has 0 radical (unpaired) electrons. The first kappa shape index (κ1) is 22.7. The first-order valence-corrected chi connectivity index (χ1v) is 9.51. The van der Waals surface area contributed by atoms with Gasteiger partial charge in [0, 0.05) is 0 Å². The van der Waals surface area contributed by atoms with Crippen LogP contribution in [0, 0.1) is 0 Å². The monoisotopic (exact) mass is 302 g/mol. The van der Waals surface area contributed by atoms with E-state index in [2.05, 4.69) is 24.6 Å². The van der Waals surface area contributed by atoms with Gasteiger partial charge in [0.15, 0.2) is 0 Å². The van der Waals surface area contributed by atoms with Gasteiger partial charge in [0.25, 0.3) is 0 Å². The molecule has 0 aromatic heterocycles. The van der Waals surface area contributed by atoms with Gasteiger partial charge in [0.2, 0.25) is 0 Å². The summed E-state index contributed by atoms with van der Waals surface area (Å²) in [6.07, 6.45) is 17.6. The van der Waals surface area contributed by atoms with Gasteiger partial charge < -0.3 is 0 Å². The van der Waals surface area contributed by atoms with Gasteiger partial charge in [-0.25, -0.2) is 0 Å². The first-order chi connectivity index (χ1) is 9.41. The Morgan fingerprint density at radius 2 is 0.950 bits per heavy atom. The Morgan fingerprint density at radius 3 is 1.20 bits per heavy atom. The summed E-state index contributed by atoms with van der Waals surface area (Å²) in [6, 6.07) is 0. The van der Waals surface area contributed by atoms with Crippen molar-refractivity contribution < 1.29 is 17.5 Å². The van der Waals surface area contributed by atoms with Crippen LogP contribution in [0.2, 0.25) is 5.09 Å². The molecule has 6 heteroatoms. The molecule has 20 heavy (non-hydrogen) atoms. The van der Waals surface area contributed by atoms with Crippen LogP contribution in [0.4, 0.5) is 0 Å². The van der Waals surface area contributed by atoms with E-state index < -0.39 is 10.4 Å². The molecule has 0 aromatic carbocycles. The van der Waals surface area contributed by atoms with Crippen LogP contribution in [-0.2, 0) is 10.4 Å². The fraction of sp³-hybridized carbons (Fsp3) is 1.00. The molecule has 0 rings (SSSR count). The maximum atomic E-state index is 8.74. The van der Waals surface area contributed by atoms with Crippen molar-refractivity contribution in [1.29, 1.82) is 0 Å². The fourth-order valence-electron chi connectivity index (χ4n) is 2.09. The number of rotatable bonds is 12. The number of hydrogen-bond acceptors (Lipinski definition) is 2. The standard InChI is InChI=1S/C14H29.Li.H2O4S/c1-3-5-7-9-11-13-14-12-10-8-6-4-2;;1-5(2,3)4/h1,3-14H2,2H3;;(H2,1,2,3,4). The Bertz CT molecular complexity index is 248. The van der Waals surface area contributed by atoms with Gasteiger partial charge >= 0.3 is 104 Å². The predicted molar refractivity (Wildman–Crippen MR) is 85.8 cm³/mol. The minimum atomic E-state index is -4.67. The fourth-order valence-corrected chi connectivity index (χ4v) is 2.09. The van der Waals surface area contributed by atoms with Gasteiger partial charge in [0.05, 0.1) is 0 Å². The van der Waals surface area contributed by atoms with Crippen LogP contribution >= 0.6 is 0 Å². The van der Waals surface area contributed by atoms with Crippen molar-refractivity contribution in [2.24, 2.45) is 0 Å². The zero-order valence-corrected chi connectivity index (χ0v) is 14.1. The molecule has 0 saturated heterocycles. The van der Waals surface area contributed by atoms with Crippen molar-refractivity contribution >= 4 is 28.1 Å². The molecule has 0 fully saturated rings. The second kappa shape index (κ2) is 17.5. The summed E-state index contributed by atoms with van der Waals surface area (Å²) in [5.74, 6) is 0. The minimum Gasteiger partial charge on any atom is -0.0654 e. The molecule has 0 bridgehead atoms. The van der Waals surface area contributed by atoms with E-state index in [0.717, 1.165) is 0 Å². The molecule has 4 nitrogen and oxygen atoms in total. The van der Waals surface area contributed by atoms with Crippen molar-refractivity contribution in [2.75, 3.05) is 0 Å². The first-order valence-electron chi connectivity index (χ1n) is 8.11. The van der Waals surface area contributed by atoms with Gasteiger partial charge in [0.1, 0.15) is 0 Å². The molecular weight excluding hydrogens is 271 g/mol. The summed E-state index contributed by atoms with van der Waals surface area (Å²) in [6.45, 7) is 2.29. The quantitative estimate of drug-likeness (QED) is 0.313. The average molecular weight is 302 g/mol. The molecule has 0 heterocycles. The Balaban J connectivity index is 0. The Kier molecular flexibility index (Phi) is 19.9. The van der Waals surface area contributed by atoms with E-state index in [0.29, 0.717) is 0 Å². The van der Waals surface area contributed by atoms with Crippen molar-refractivity contribution in [3.8, 4) is 0 Å². The Labute approximate surface area is 134 Å². The second-order valence-corrected chi connectivity index (χ2v) is 6.23. The summed E-state index contributed by atoms with van der Waals surface area (Å²) in [5.41, 5.74) is 0. The number of unbranched alkanes of at least 4 members (excludes halogenated alkanes) is 11. The molecule has 0 unspecified atom stereocenters. The molecule has 2 N–H and O–H groups in total. The van der Waals surface area contributed by atoms with Crippen LogP contribution in [0.25, 0.3) is 0 Å². The van der Waals surface area contributed by atoms with Crippen LogP contribution in [0.5, 0.6) is 0 Å². The minimum absolute atomic E-state index is 1.37. The Morgan fingerprint density at radius 1 is 0.700 bits per heavy atom. The molecule has 0 aliphatic carbocycles. The van der Waals surface area contributed by atoms with Gasteiger partial charge in [-0.1, -0.05) is 13.3 Å². The van der Waals surface area contributed by atoms with Crippen molar-refractivity contribution in [2.45, 2.75) is 89.1 Å². The molecule has 0 aliphatic rings. The molecule has 0 aliphatic heterocycles. The van der Waals surface area contributed by atoms with Gasteiger partial charge in [-0.2, -0.15) is 8.42 Å². The normalized spacial score (nSPS) is 11.1. The van der Waals surface area contributed by atoms with Crippen molar-refractivity contribution in [1.82, 2.24) is 0 Å². The third-order valence-electron chi connectivity index (χ3n) is 3.21. The third-order valence-corrected chi connectivity index (χ3v) is 3.21. The molecule has 0 saturated carbocycles. The molecule has 0 spiro atoms. The van der Waals surface area contributed by atoms with E-state index in [1.54, 1.807) is 0 Å². The van der Waals surface area contributed by atoms with Crippen LogP contribution in [-0.4, -0.2) is 35.2 Å². The van der Waals surface area contributed by atoms with Crippen molar-refractivity contribution in [3.63, 3.8) is 0 Å². The SMILES string of the molecule is O=S(=O)(O)O.[Li][CH2]CCCCCCCCCCCCC. The smallest absolute Gasteiger partial charge is 0.0654 e. The summed E-state index contributed by atoms with van der Waals surface area (Å²) in [5, 5.41) is 1.37. The second-order valence-electron chi connectivity index (χ2n) is 5.34. The van der Waals surface area contributed by atoms with Crippen LogP contribution in [0.15, 0.2) is 0 Å². The molecule has 0 aromatic rings. The summed E-state index contributed by atoms with van der Waals surface area (Å²) in [4.78, 5) is 0. The predicted octanol–water partition coefficient (Wildman–Crippen LogP) is 4.62. The van der Waals surface area contributed by atoms with E-state index >= 15 is 0 Å². The van der Waals surface area contributed by atoms with Crippen molar-refractivity contribution in [3.05, 3.63) is 0 Å². The topological polar surface area (TPSA) is 74.6 Å². The number of hydrogen-bond donors (Lipinski definition) is 2. The van der Waals surface area contributed by atoms with E-state index in [-0.39, 0.29) is 0 Å². The van der Waals surface area contributed by atoms with Crippen LogP contribution in [0.3, 0.4) is 0 Å². The zero-order valence-electron chi connectivity index (χ0n) is 13.3. The molecule has 0 atom stereocenters. The summed E-state index contributed by atoms with van der Waals surface area (Å²) >= 11 is 2.29. The van der Waals surface area contributed by atoms with E-state index in [1.807, 2.05) is 0 Å². The van der Waals surface area contributed by atoms with Crippen LogP contribution < -0.4 is 0 Å². The molecule has 0 amide bonds. The third kappa shape index (κ3) is 36.3. The van der Waals surface area contributed by atoms with E-state index in [9.17, 15) is 0 Å².